The SMILES string of the molecule is Cn1cc(C(CN)Sc2ccccc2)cn1. The lowest BCUT2D eigenvalue weighted by atomic mass is 10.2. The van der Waals surface area contributed by atoms with Crippen LogP contribution in [0, 0.1) is 0 Å². The topological polar surface area (TPSA) is 43.8 Å². The highest BCUT2D eigenvalue weighted by atomic mass is 32.2. The lowest BCUT2D eigenvalue weighted by molar-refractivity contribution is 0.766. The summed E-state index contributed by atoms with van der Waals surface area (Å²) in [7, 11) is 1.92. The van der Waals surface area contributed by atoms with Gasteiger partial charge >= 0.3 is 0 Å². The lowest BCUT2D eigenvalue weighted by Gasteiger charge is -2.12. The normalized spacial score (nSPS) is 12.6. The average molecular weight is 233 g/mol. The summed E-state index contributed by atoms with van der Waals surface area (Å²) in [5.41, 5.74) is 6.98. The van der Waals surface area contributed by atoms with Crippen LogP contribution in [0.1, 0.15) is 10.8 Å². The summed E-state index contributed by atoms with van der Waals surface area (Å²) in [6.45, 7) is 0.616. The zero-order valence-electron chi connectivity index (χ0n) is 9.21. The van der Waals surface area contributed by atoms with E-state index in [9.17, 15) is 0 Å². The molecule has 84 valence electrons. The van der Waals surface area contributed by atoms with Gasteiger partial charge in [0.1, 0.15) is 0 Å². The van der Waals surface area contributed by atoms with Crippen molar-refractivity contribution >= 4 is 11.8 Å². The second-order valence-corrected chi connectivity index (χ2v) is 4.88. The van der Waals surface area contributed by atoms with Gasteiger partial charge in [0.2, 0.25) is 0 Å². The van der Waals surface area contributed by atoms with E-state index in [4.69, 9.17) is 5.73 Å². The third-order valence-electron chi connectivity index (χ3n) is 2.33. The van der Waals surface area contributed by atoms with Crippen molar-refractivity contribution in [2.24, 2.45) is 12.8 Å². The molecule has 2 aromatic rings. The highest BCUT2D eigenvalue weighted by molar-refractivity contribution is 7.99. The Kier molecular flexibility index (Phi) is 3.64. The fourth-order valence-corrected chi connectivity index (χ4v) is 2.52. The summed E-state index contributed by atoms with van der Waals surface area (Å²) in [4.78, 5) is 1.24. The van der Waals surface area contributed by atoms with E-state index in [1.165, 1.54) is 10.5 Å². The number of rotatable bonds is 4. The van der Waals surface area contributed by atoms with E-state index in [2.05, 4.69) is 17.2 Å². The van der Waals surface area contributed by atoms with Gasteiger partial charge in [-0.25, -0.2) is 0 Å². The predicted molar refractivity (Wildman–Crippen MR) is 67.3 cm³/mol. The minimum atomic E-state index is 0.274. The van der Waals surface area contributed by atoms with E-state index in [1.807, 2.05) is 42.3 Å². The molecular formula is C12H15N3S. The number of hydrogen-bond acceptors (Lipinski definition) is 3. The number of aryl methyl sites for hydroxylation is 1. The molecule has 16 heavy (non-hydrogen) atoms. The Morgan fingerprint density at radius 2 is 2.12 bits per heavy atom. The zero-order chi connectivity index (χ0) is 11.4. The summed E-state index contributed by atoms with van der Waals surface area (Å²) in [6.07, 6.45) is 3.90. The number of thioether (sulfide) groups is 1. The van der Waals surface area contributed by atoms with Crippen molar-refractivity contribution in [3.05, 3.63) is 48.3 Å². The van der Waals surface area contributed by atoms with Crippen LogP contribution in [0.15, 0.2) is 47.6 Å². The van der Waals surface area contributed by atoms with Crippen LogP contribution in [-0.4, -0.2) is 16.3 Å². The first-order valence-corrected chi connectivity index (χ1v) is 6.08. The highest BCUT2D eigenvalue weighted by Crippen LogP contribution is 2.33. The average Bonchev–Trinajstić information content (AvgIpc) is 2.74. The number of aromatic nitrogens is 2. The molecule has 2 N–H and O–H groups in total. The molecule has 0 saturated carbocycles. The molecule has 1 atom stereocenters. The predicted octanol–water partition coefficient (Wildman–Crippen LogP) is 2.21. The fraction of sp³-hybridized carbons (Fsp3) is 0.250. The van der Waals surface area contributed by atoms with Gasteiger partial charge in [0.15, 0.2) is 0 Å². The molecule has 1 aromatic carbocycles. The van der Waals surface area contributed by atoms with Gasteiger partial charge in [-0.15, -0.1) is 11.8 Å². The second-order valence-electron chi connectivity index (χ2n) is 3.60. The lowest BCUT2D eigenvalue weighted by Crippen LogP contribution is -2.08. The van der Waals surface area contributed by atoms with Crippen molar-refractivity contribution in [3.63, 3.8) is 0 Å². The Labute approximate surface area is 99.7 Å². The maximum absolute atomic E-state index is 5.80. The highest BCUT2D eigenvalue weighted by Gasteiger charge is 2.12. The molecule has 1 unspecified atom stereocenters. The van der Waals surface area contributed by atoms with Gasteiger partial charge in [0.05, 0.1) is 6.20 Å². The molecule has 4 heteroatoms. The fourth-order valence-electron chi connectivity index (χ4n) is 1.52. The number of nitrogens with zero attached hydrogens (tertiary/aromatic N) is 2. The minimum Gasteiger partial charge on any atom is -0.329 e. The quantitative estimate of drug-likeness (QED) is 0.823. The van der Waals surface area contributed by atoms with E-state index in [-0.39, 0.29) is 5.25 Å². The molecule has 0 aliphatic heterocycles. The summed E-state index contributed by atoms with van der Waals surface area (Å²) < 4.78 is 1.81. The Morgan fingerprint density at radius 3 is 2.69 bits per heavy atom. The Balaban J connectivity index is 2.12. The third kappa shape index (κ3) is 2.65. The van der Waals surface area contributed by atoms with Crippen LogP contribution in [0.25, 0.3) is 0 Å². The largest absolute Gasteiger partial charge is 0.329 e. The molecule has 0 aliphatic rings. The third-order valence-corrected chi connectivity index (χ3v) is 3.63. The van der Waals surface area contributed by atoms with Crippen LogP contribution < -0.4 is 5.73 Å². The molecule has 0 fully saturated rings. The Hall–Kier alpha value is -1.26. The smallest absolute Gasteiger partial charge is 0.0533 e. The van der Waals surface area contributed by atoms with Crippen molar-refractivity contribution in [2.45, 2.75) is 10.1 Å². The van der Waals surface area contributed by atoms with E-state index in [0.717, 1.165) is 0 Å². The van der Waals surface area contributed by atoms with Gasteiger partial charge < -0.3 is 5.73 Å². The van der Waals surface area contributed by atoms with Crippen LogP contribution in [-0.2, 0) is 7.05 Å². The van der Waals surface area contributed by atoms with Gasteiger partial charge in [-0.05, 0) is 12.1 Å². The summed E-state index contributed by atoms with van der Waals surface area (Å²) >= 11 is 1.78. The molecule has 0 amide bonds. The van der Waals surface area contributed by atoms with Crippen molar-refractivity contribution in [1.82, 2.24) is 9.78 Å². The van der Waals surface area contributed by atoms with Crippen LogP contribution in [0.5, 0.6) is 0 Å². The maximum Gasteiger partial charge on any atom is 0.0533 e. The van der Waals surface area contributed by atoms with Gasteiger partial charge in [-0.1, -0.05) is 18.2 Å². The first-order chi connectivity index (χ1) is 7.79. The van der Waals surface area contributed by atoms with Crippen LogP contribution >= 0.6 is 11.8 Å². The van der Waals surface area contributed by atoms with Crippen LogP contribution in [0.3, 0.4) is 0 Å². The standard InChI is InChI=1S/C12H15N3S/c1-15-9-10(8-14-15)12(7-13)16-11-5-3-2-4-6-11/h2-6,8-9,12H,7,13H2,1H3. The van der Waals surface area contributed by atoms with E-state index in [1.54, 1.807) is 11.8 Å². The summed E-state index contributed by atoms with van der Waals surface area (Å²) in [5, 5.41) is 4.45. The molecular weight excluding hydrogens is 218 g/mol. The van der Waals surface area contributed by atoms with Crippen molar-refractivity contribution < 1.29 is 0 Å². The van der Waals surface area contributed by atoms with Gasteiger partial charge in [0.25, 0.3) is 0 Å². The minimum absolute atomic E-state index is 0.274. The van der Waals surface area contributed by atoms with Crippen LogP contribution in [0.4, 0.5) is 0 Å². The van der Waals surface area contributed by atoms with E-state index < -0.39 is 0 Å². The summed E-state index contributed by atoms with van der Waals surface area (Å²) in [6, 6.07) is 10.3. The van der Waals surface area contributed by atoms with E-state index in [0.29, 0.717) is 6.54 Å². The van der Waals surface area contributed by atoms with Crippen molar-refractivity contribution in [3.8, 4) is 0 Å². The van der Waals surface area contributed by atoms with Crippen molar-refractivity contribution in [2.75, 3.05) is 6.54 Å². The summed E-state index contributed by atoms with van der Waals surface area (Å²) in [5.74, 6) is 0. The molecule has 1 aromatic heterocycles. The number of nitrogens with two attached hydrogens (primary N) is 1. The van der Waals surface area contributed by atoms with E-state index >= 15 is 0 Å². The first-order valence-electron chi connectivity index (χ1n) is 5.20. The molecule has 0 saturated heterocycles. The Morgan fingerprint density at radius 1 is 1.38 bits per heavy atom. The van der Waals surface area contributed by atoms with Crippen molar-refractivity contribution in [1.29, 1.82) is 0 Å². The van der Waals surface area contributed by atoms with Gasteiger partial charge in [-0.3, -0.25) is 4.68 Å². The van der Waals surface area contributed by atoms with Gasteiger partial charge in [-0.2, -0.15) is 5.10 Å². The molecule has 2 rings (SSSR count). The first kappa shape index (κ1) is 11.2. The molecule has 0 radical (unpaired) electrons. The molecule has 3 nitrogen and oxygen atoms in total. The van der Waals surface area contributed by atoms with Crippen LogP contribution in [0.2, 0.25) is 0 Å². The molecule has 1 heterocycles. The molecule has 0 spiro atoms. The second kappa shape index (κ2) is 5.18. The number of hydrogen-bond donors (Lipinski definition) is 1. The zero-order valence-corrected chi connectivity index (χ0v) is 10.0. The Bertz CT molecular complexity index is 439. The monoisotopic (exact) mass is 233 g/mol. The molecule has 0 aliphatic carbocycles. The maximum atomic E-state index is 5.80. The number of benzene rings is 1. The molecule has 0 bridgehead atoms. The van der Waals surface area contributed by atoms with Gasteiger partial charge in [0, 0.05) is 35.5 Å².